The van der Waals surface area contributed by atoms with E-state index in [0.717, 1.165) is 36.5 Å². The van der Waals surface area contributed by atoms with E-state index in [-0.39, 0.29) is 5.28 Å². The summed E-state index contributed by atoms with van der Waals surface area (Å²) in [5.74, 6) is 0. The summed E-state index contributed by atoms with van der Waals surface area (Å²) in [4.78, 5) is 16.7. The van der Waals surface area contributed by atoms with E-state index in [4.69, 9.17) is 16.6 Å². The molecule has 2 aliphatic rings. The third-order valence-corrected chi connectivity index (χ3v) is 5.17. The van der Waals surface area contributed by atoms with E-state index in [0.29, 0.717) is 0 Å². The van der Waals surface area contributed by atoms with Crippen LogP contribution < -0.4 is 0 Å². The maximum Gasteiger partial charge on any atom is 0.222 e. The van der Waals surface area contributed by atoms with Crippen LogP contribution in [0, 0.1) is 0 Å². The molecule has 0 saturated heterocycles. The van der Waals surface area contributed by atoms with Crippen LogP contribution in [0.15, 0.2) is 36.3 Å². The average Bonchev–Trinajstić information content (AvgIpc) is 2.75. The minimum absolute atomic E-state index is 0.273. The molecule has 0 atom stereocenters. The second kappa shape index (κ2) is 5.24. The Morgan fingerprint density at radius 2 is 1.90 bits per heavy atom. The zero-order valence-corrected chi connectivity index (χ0v) is 12.9. The molecule has 0 unspecified atom stereocenters. The molecular weight excluding hydrogens is 304 g/mol. The SMILES string of the molecule is Clc1ncc(-c2nc3c(s2)CCN(C2=CC=C2)CC3)cn1. The molecule has 0 spiro atoms. The first-order chi connectivity index (χ1) is 10.3. The third kappa shape index (κ3) is 2.47. The lowest BCUT2D eigenvalue weighted by molar-refractivity contribution is 0.369. The van der Waals surface area contributed by atoms with Gasteiger partial charge in [-0.3, -0.25) is 0 Å². The first-order valence-electron chi connectivity index (χ1n) is 6.89. The Morgan fingerprint density at radius 3 is 2.62 bits per heavy atom. The van der Waals surface area contributed by atoms with Crippen LogP contribution >= 0.6 is 22.9 Å². The summed E-state index contributed by atoms with van der Waals surface area (Å²) in [7, 11) is 0. The molecule has 0 N–H and O–H groups in total. The van der Waals surface area contributed by atoms with Gasteiger partial charge < -0.3 is 4.90 Å². The summed E-state index contributed by atoms with van der Waals surface area (Å²) in [6.45, 7) is 2.09. The van der Waals surface area contributed by atoms with Crippen LogP contribution in [-0.4, -0.2) is 32.9 Å². The molecule has 21 heavy (non-hydrogen) atoms. The van der Waals surface area contributed by atoms with E-state index >= 15 is 0 Å². The second-order valence-electron chi connectivity index (χ2n) is 5.07. The maximum atomic E-state index is 5.73. The fourth-order valence-electron chi connectivity index (χ4n) is 2.56. The van der Waals surface area contributed by atoms with Crippen molar-refractivity contribution < 1.29 is 0 Å². The number of hydrogen-bond donors (Lipinski definition) is 0. The Kier molecular flexibility index (Phi) is 3.24. The first-order valence-corrected chi connectivity index (χ1v) is 8.09. The largest absolute Gasteiger partial charge is 0.371 e. The Bertz CT molecular complexity index is 707. The summed E-state index contributed by atoms with van der Waals surface area (Å²) in [6.07, 6.45) is 11.9. The normalized spacial score (nSPS) is 17.0. The van der Waals surface area contributed by atoms with Crippen LogP contribution in [0.3, 0.4) is 0 Å². The van der Waals surface area contributed by atoms with Crippen molar-refractivity contribution in [2.24, 2.45) is 0 Å². The number of aromatic nitrogens is 3. The molecule has 0 bridgehead atoms. The Labute approximate surface area is 131 Å². The molecule has 1 aliphatic heterocycles. The summed E-state index contributed by atoms with van der Waals surface area (Å²) in [6, 6.07) is 0. The molecule has 0 aromatic carbocycles. The molecule has 3 heterocycles. The van der Waals surface area contributed by atoms with Gasteiger partial charge in [-0.2, -0.15) is 0 Å². The highest BCUT2D eigenvalue weighted by atomic mass is 35.5. The van der Waals surface area contributed by atoms with Crippen molar-refractivity contribution in [2.75, 3.05) is 13.1 Å². The van der Waals surface area contributed by atoms with E-state index in [1.165, 1.54) is 16.3 Å². The molecule has 4 rings (SSSR count). The average molecular weight is 317 g/mol. The number of halogens is 1. The summed E-state index contributed by atoms with van der Waals surface area (Å²) in [5.41, 5.74) is 3.51. The van der Waals surface area contributed by atoms with Crippen LogP contribution in [0.1, 0.15) is 10.6 Å². The fourth-order valence-corrected chi connectivity index (χ4v) is 3.73. The monoisotopic (exact) mass is 316 g/mol. The van der Waals surface area contributed by atoms with E-state index in [1.807, 2.05) is 0 Å². The predicted molar refractivity (Wildman–Crippen MR) is 84.4 cm³/mol. The van der Waals surface area contributed by atoms with Gasteiger partial charge in [0.05, 0.1) is 5.69 Å². The topological polar surface area (TPSA) is 41.9 Å². The number of allylic oxidation sites excluding steroid dienone is 3. The lowest BCUT2D eigenvalue weighted by atomic mass is 10.2. The molecule has 2 aromatic heterocycles. The molecule has 0 amide bonds. The van der Waals surface area contributed by atoms with Gasteiger partial charge in [0.2, 0.25) is 5.28 Å². The Balaban J connectivity index is 1.56. The fraction of sp³-hybridized carbons (Fsp3) is 0.267. The number of nitrogens with zero attached hydrogens (tertiary/aromatic N) is 4. The van der Waals surface area contributed by atoms with Gasteiger partial charge in [0.1, 0.15) is 5.01 Å². The molecule has 0 fully saturated rings. The molecule has 0 saturated carbocycles. The van der Waals surface area contributed by atoms with Gasteiger partial charge in [-0.15, -0.1) is 11.3 Å². The van der Waals surface area contributed by atoms with Crippen LogP contribution in [-0.2, 0) is 12.8 Å². The van der Waals surface area contributed by atoms with Crippen LogP contribution in [0.25, 0.3) is 10.6 Å². The molecular formula is C15H13ClN4S. The molecule has 0 radical (unpaired) electrons. The van der Waals surface area contributed by atoms with Crippen molar-refractivity contribution >= 4 is 22.9 Å². The summed E-state index contributed by atoms with van der Waals surface area (Å²) < 4.78 is 0. The van der Waals surface area contributed by atoms with Crippen LogP contribution in [0.4, 0.5) is 0 Å². The van der Waals surface area contributed by atoms with E-state index < -0.39 is 0 Å². The van der Waals surface area contributed by atoms with Crippen molar-refractivity contribution in [1.82, 2.24) is 19.9 Å². The number of thiazole rings is 1. The highest BCUT2D eigenvalue weighted by molar-refractivity contribution is 7.15. The van der Waals surface area contributed by atoms with Crippen molar-refractivity contribution in [3.8, 4) is 10.6 Å². The highest BCUT2D eigenvalue weighted by Crippen LogP contribution is 2.31. The van der Waals surface area contributed by atoms with Crippen molar-refractivity contribution in [1.29, 1.82) is 0 Å². The van der Waals surface area contributed by atoms with Gasteiger partial charge in [-0.1, -0.05) is 6.08 Å². The van der Waals surface area contributed by atoms with Gasteiger partial charge in [0, 0.05) is 54.5 Å². The minimum Gasteiger partial charge on any atom is -0.371 e. The van der Waals surface area contributed by atoms with Gasteiger partial charge >= 0.3 is 0 Å². The quantitative estimate of drug-likeness (QED) is 0.798. The van der Waals surface area contributed by atoms with Gasteiger partial charge in [-0.05, 0) is 23.8 Å². The smallest absolute Gasteiger partial charge is 0.222 e. The van der Waals surface area contributed by atoms with Crippen molar-refractivity contribution in [3.05, 3.63) is 52.2 Å². The number of rotatable bonds is 2. The van der Waals surface area contributed by atoms with Gasteiger partial charge in [0.15, 0.2) is 0 Å². The predicted octanol–water partition coefficient (Wildman–Crippen LogP) is 3.11. The van der Waals surface area contributed by atoms with E-state index in [2.05, 4.69) is 33.1 Å². The molecule has 106 valence electrons. The van der Waals surface area contributed by atoms with Gasteiger partial charge in [-0.25, -0.2) is 15.0 Å². The first kappa shape index (κ1) is 13.0. The minimum atomic E-state index is 0.273. The summed E-state index contributed by atoms with van der Waals surface area (Å²) >= 11 is 7.48. The van der Waals surface area contributed by atoms with E-state index in [9.17, 15) is 0 Å². The standard InChI is InChI=1S/C15H13ClN4S/c16-15-17-8-10(9-18-15)14-19-12-4-6-20(11-2-1-3-11)7-5-13(12)21-14/h1-3,8-9H,4-7H2. The zero-order valence-electron chi connectivity index (χ0n) is 11.3. The van der Waals surface area contributed by atoms with E-state index in [1.54, 1.807) is 23.7 Å². The molecule has 2 aromatic rings. The lowest BCUT2D eigenvalue weighted by Gasteiger charge is -2.26. The van der Waals surface area contributed by atoms with Crippen molar-refractivity contribution in [2.45, 2.75) is 12.8 Å². The summed E-state index contributed by atoms with van der Waals surface area (Å²) in [5, 5.41) is 1.27. The van der Waals surface area contributed by atoms with Crippen molar-refractivity contribution in [3.63, 3.8) is 0 Å². The molecule has 6 heteroatoms. The lowest BCUT2D eigenvalue weighted by Crippen LogP contribution is -2.26. The van der Waals surface area contributed by atoms with Gasteiger partial charge in [0.25, 0.3) is 0 Å². The van der Waals surface area contributed by atoms with Crippen LogP contribution in [0.2, 0.25) is 5.28 Å². The maximum absolute atomic E-state index is 5.73. The second-order valence-corrected chi connectivity index (χ2v) is 6.49. The molecule has 4 nitrogen and oxygen atoms in total. The molecule has 1 aliphatic carbocycles. The Hall–Kier alpha value is -1.72. The number of hydrogen-bond acceptors (Lipinski definition) is 5. The zero-order chi connectivity index (χ0) is 14.2. The van der Waals surface area contributed by atoms with Crippen LogP contribution in [0.5, 0.6) is 0 Å². The third-order valence-electron chi connectivity index (χ3n) is 3.77. The highest BCUT2D eigenvalue weighted by Gasteiger charge is 2.20. The number of fused-ring (bicyclic) bond motifs is 1. The Morgan fingerprint density at radius 1 is 1.14 bits per heavy atom.